The van der Waals surface area contributed by atoms with Gasteiger partial charge < -0.3 is 5.73 Å². The molecule has 2 rings (SSSR count). The molecule has 1 aromatic rings. The van der Waals surface area contributed by atoms with E-state index in [9.17, 15) is 0 Å². The Bertz CT molecular complexity index is 255. The lowest BCUT2D eigenvalue weighted by Crippen LogP contribution is -2.32. The zero-order valence-electron chi connectivity index (χ0n) is 7.42. The van der Waals surface area contributed by atoms with E-state index in [-0.39, 0.29) is 5.54 Å². The Morgan fingerprint density at radius 2 is 2.50 bits per heavy atom. The topological polar surface area (TPSA) is 26.0 Å². The maximum atomic E-state index is 6.32. The summed E-state index contributed by atoms with van der Waals surface area (Å²) in [6, 6.07) is 2.17. The smallest absolute Gasteiger partial charge is 0.0420 e. The van der Waals surface area contributed by atoms with Gasteiger partial charge in [-0.05, 0) is 47.6 Å². The average molecular weight is 181 g/mol. The van der Waals surface area contributed by atoms with Crippen LogP contribution in [0.25, 0.3) is 0 Å². The third-order valence-corrected chi connectivity index (χ3v) is 3.58. The van der Waals surface area contributed by atoms with Gasteiger partial charge in [-0.15, -0.1) is 0 Å². The molecule has 1 aliphatic carbocycles. The van der Waals surface area contributed by atoms with Crippen LogP contribution in [-0.4, -0.2) is 0 Å². The predicted octanol–water partition coefficient (Wildman–Crippen LogP) is 2.72. The van der Waals surface area contributed by atoms with Crippen LogP contribution < -0.4 is 5.73 Å². The number of thiophene rings is 1. The van der Waals surface area contributed by atoms with E-state index in [1.807, 2.05) is 0 Å². The Labute approximate surface area is 77.6 Å². The van der Waals surface area contributed by atoms with Gasteiger partial charge in [-0.1, -0.05) is 6.92 Å². The Kier molecular flexibility index (Phi) is 1.97. The van der Waals surface area contributed by atoms with E-state index in [0.717, 1.165) is 18.8 Å². The minimum atomic E-state index is -0.000579. The van der Waals surface area contributed by atoms with E-state index in [1.54, 1.807) is 11.3 Å². The highest BCUT2D eigenvalue weighted by molar-refractivity contribution is 7.08. The van der Waals surface area contributed by atoms with Gasteiger partial charge in [0.2, 0.25) is 0 Å². The zero-order valence-corrected chi connectivity index (χ0v) is 8.23. The van der Waals surface area contributed by atoms with Gasteiger partial charge in [-0.3, -0.25) is 0 Å². The lowest BCUT2D eigenvalue weighted by molar-refractivity contribution is 0.442. The molecule has 0 amide bonds. The molecular formula is C10H15NS. The van der Waals surface area contributed by atoms with E-state index in [4.69, 9.17) is 5.73 Å². The molecule has 2 unspecified atom stereocenters. The normalized spacial score (nSPS) is 35.7. The van der Waals surface area contributed by atoms with Gasteiger partial charge in [-0.25, -0.2) is 0 Å². The highest BCUT2D eigenvalue weighted by atomic mass is 32.1. The summed E-state index contributed by atoms with van der Waals surface area (Å²) < 4.78 is 0. The van der Waals surface area contributed by atoms with Crippen LogP contribution >= 0.6 is 11.3 Å². The first kappa shape index (κ1) is 8.27. The molecular weight excluding hydrogens is 166 g/mol. The number of rotatable bonds is 1. The van der Waals surface area contributed by atoms with Crippen LogP contribution in [0.5, 0.6) is 0 Å². The van der Waals surface area contributed by atoms with Crippen LogP contribution in [0.1, 0.15) is 31.7 Å². The molecule has 0 bridgehead atoms. The summed E-state index contributed by atoms with van der Waals surface area (Å²) in [5.74, 6) is 0.801. The summed E-state index contributed by atoms with van der Waals surface area (Å²) in [6.45, 7) is 2.29. The molecule has 12 heavy (non-hydrogen) atoms. The van der Waals surface area contributed by atoms with Gasteiger partial charge in [-0.2, -0.15) is 11.3 Å². The monoisotopic (exact) mass is 181 g/mol. The van der Waals surface area contributed by atoms with Gasteiger partial charge in [0, 0.05) is 5.54 Å². The fourth-order valence-corrected chi connectivity index (χ4v) is 2.90. The third kappa shape index (κ3) is 1.29. The maximum absolute atomic E-state index is 6.32. The van der Waals surface area contributed by atoms with Gasteiger partial charge in [0.25, 0.3) is 0 Å². The third-order valence-electron chi connectivity index (χ3n) is 2.89. The molecule has 0 aromatic carbocycles. The molecule has 2 heteroatoms. The van der Waals surface area contributed by atoms with Crippen molar-refractivity contribution in [2.45, 2.75) is 31.7 Å². The van der Waals surface area contributed by atoms with Gasteiger partial charge >= 0.3 is 0 Å². The Hall–Kier alpha value is -0.340. The predicted molar refractivity (Wildman–Crippen MR) is 53.2 cm³/mol. The fourth-order valence-electron chi connectivity index (χ4n) is 2.14. The first-order chi connectivity index (χ1) is 5.71. The SMILES string of the molecule is CC1CCC(N)(c2ccsc2)C1. The largest absolute Gasteiger partial charge is 0.321 e. The number of hydrogen-bond acceptors (Lipinski definition) is 2. The van der Waals surface area contributed by atoms with Crippen LogP contribution in [0.2, 0.25) is 0 Å². The van der Waals surface area contributed by atoms with Crippen LogP contribution in [0.3, 0.4) is 0 Å². The van der Waals surface area contributed by atoms with Crippen molar-refractivity contribution in [2.75, 3.05) is 0 Å². The first-order valence-corrected chi connectivity index (χ1v) is 5.46. The maximum Gasteiger partial charge on any atom is 0.0420 e. The summed E-state index contributed by atoms with van der Waals surface area (Å²) in [7, 11) is 0. The standard InChI is InChI=1S/C10H15NS/c1-8-2-4-10(11,6-8)9-3-5-12-7-9/h3,5,7-8H,2,4,6,11H2,1H3. The summed E-state index contributed by atoms with van der Waals surface area (Å²) in [6.07, 6.45) is 3.60. The summed E-state index contributed by atoms with van der Waals surface area (Å²) >= 11 is 1.75. The van der Waals surface area contributed by atoms with Crippen molar-refractivity contribution in [1.29, 1.82) is 0 Å². The molecule has 1 aliphatic rings. The van der Waals surface area contributed by atoms with Crippen molar-refractivity contribution in [2.24, 2.45) is 11.7 Å². The van der Waals surface area contributed by atoms with E-state index >= 15 is 0 Å². The van der Waals surface area contributed by atoms with E-state index in [2.05, 4.69) is 23.8 Å². The van der Waals surface area contributed by atoms with Crippen LogP contribution in [0, 0.1) is 5.92 Å². The van der Waals surface area contributed by atoms with Gasteiger partial charge in [0.1, 0.15) is 0 Å². The second kappa shape index (κ2) is 2.86. The molecule has 0 spiro atoms. The molecule has 0 radical (unpaired) electrons. The molecule has 1 saturated carbocycles. The summed E-state index contributed by atoms with van der Waals surface area (Å²) in [5, 5.41) is 4.31. The van der Waals surface area contributed by atoms with E-state index < -0.39 is 0 Å². The van der Waals surface area contributed by atoms with Crippen molar-refractivity contribution >= 4 is 11.3 Å². The Morgan fingerprint density at radius 1 is 1.67 bits per heavy atom. The van der Waals surface area contributed by atoms with Crippen LogP contribution in [0.15, 0.2) is 16.8 Å². The molecule has 1 heterocycles. The number of hydrogen-bond donors (Lipinski definition) is 1. The molecule has 2 atom stereocenters. The molecule has 1 nitrogen and oxygen atoms in total. The van der Waals surface area contributed by atoms with Crippen LogP contribution in [0.4, 0.5) is 0 Å². The molecule has 66 valence electrons. The summed E-state index contributed by atoms with van der Waals surface area (Å²) in [5.41, 5.74) is 7.67. The Balaban J connectivity index is 2.23. The van der Waals surface area contributed by atoms with Crippen molar-refractivity contribution < 1.29 is 0 Å². The molecule has 2 N–H and O–H groups in total. The molecule has 0 saturated heterocycles. The second-order valence-corrected chi connectivity index (χ2v) is 4.80. The lowest BCUT2D eigenvalue weighted by Gasteiger charge is -2.22. The highest BCUT2D eigenvalue weighted by Gasteiger charge is 2.35. The average Bonchev–Trinajstić information content (AvgIpc) is 2.59. The molecule has 0 aliphatic heterocycles. The summed E-state index contributed by atoms with van der Waals surface area (Å²) in [4.78, 5) is 0. The van der Waals surface area contributed by atoms with Gasteiger partial charge in [0.05, 0.1) is 0 Å². The fraction of sp³-hybridized carbons (Fsp3) is 0.600. The minimum absolute atomic E-state index is 0.000579. The number of nitrogens with two attached hydrogens (primary N) is 1. The lowest BCUT2D eigenvalue weighted by atomic mass is 9.91. The zero-order chi connectivity index (χ0) is 8.60. The second-order valence-electron chi connectivity index (χ2n) is 4.02. The van der Waals surface area contributed by atoms with E-state index in [0.29, 0.717) is 0 Å². The van der Waals surface area contributed by atoms with Gasteiger partial charge in [0.15, 0.2) is 0 Å². The van der Waals surface area contributed by atoms with Crippen molar-refractivity contribution in [1.82, 2.24) is 0 Å². The van der Waals surface area contributed by atoms with Crippen molar-refractivity contribution in [3.05, 3.63) is 22.4 Å². The molecule has 1 aromatic heterocycles. The van der Waals surface area contributed by atoms with E-state index in [1.165, 1.54) is 12.0 Å². The Morgan fingerprint density at radius 3 is 3.00 bits per heavy atom. The molecule has 1 fully saturated rings. The van der Waals surface area contributed by atoms with Crippen LogP contribution in [-0.2, 0) is 5.54 Å². The van der Waals surface area contributed by atoms with Crippen molar-refractivity contribution in [3.63, 3.8) is 0 Å². The highest BCUT2D eigenvalue weighted by Crippen LogP contribution is 2.40. The quantitative estimate of drug-likeness (QED) is 0.708. The van der Waals surface area contributed by atoms with Crippen molar-refractivity contribution in [3.8, 4) is 0 Å². The minimum Gasteiger partial charge on any atom is -0.321 e. The first-order valence-electron chi connectivity index (χ1n) is 4.52.